The van der Waals surface area contributed by atoms with Gasteiger partial charge < -0.3 is 4.74 Å². The molecule has 0 spiro atoms. The highest BCUT2D eigenvalue weighted by molar-refractivity contribution is 5.85. The molecule has 0 bridgehead atoms. The molecule has 170 valence electrons. The first-order chi connectivity index (χ1) is 15.2. The zero-order valence-corrected chi connectivity index (χ0v) is 19.7. The monoisotopic (exact) mass is 424 g/mol. The Morgan fingerprint density at radius 1 is 0.774 bits per heavy atom. The molecule has 2 saturated carbocycles. The Balaban J connectivity index is 1.28. The average molecular weight is 425 g/mol. The molecule has 2 aliphatic rings. The van der Waals surface area contributed by atoms with E-state index in [0.717, 1.165) is 52.7 Å². The summed E-state index contributed by atoms with van der Waals surface area (Å²) in [5.74, 6) is 4.05. The van der Waals surface area contributed by atoms with E-state index in [9.17, 15) is 0 Å². The van der Waals surface area contributed by atoms with Crippen molar-refractivity contribution < 1.29 is 9.13 Å². The van der Waals surface area contributed by atoms with Gasteiger partial charge in [-0.05, 0) is 85.4 Å². The molecule has 2 aliphatic carbocycles. The molecule has 1 nitrogen and oxygen atoms in total. The van der Waals surface area contributed by atoms with E-state index in [1.54, 1.807) is 0 Å². The molecule has 0 amide bonds. The smallest absolute Gasteiger partial charge is 0.134 e. The predicted molar refractivity (Wildman–Crippen MR) is 129 cm³/mol. The summed E-state index contributed by atoms with van der Waals surface area (Å²) in [6.07, 6.45) is 16.3. The van der Waals surface area contributed by atoms with E-state index in [-0.39, 0.29) is 5.82 Å². The molecule has 2 aromatic rings. The van der Waals surface area contributed by atoms with Crippen molar-refractivity contribution in [2.45, 2.75) is 96.8 Å². The lowest BCUT2D eigenvalue weighted by atomic mass is 9.74. The second-order valence-electron chi connectivity index (χ2n) is 10.3. The Hall–Kier alpha value is -1.57. The van der Waals surface area contributed by atoms with Crippen molar-refractivity contribution in [3.05, 3.63) is 41.7 Å². The molecule has 0 aromatic heterocycles. The maximum absolute atomic E-state index is 15.3. The highest BCUT2D eigenvalue weighted by Gasteiger charge is 2.27. The van der Waals surface area contributed by atoms with E-state index < -0.39 is 0 Å². The van der Waals surface area contributed by atoms with Crippen LogP contribution < -0.4 is 4.74 Å². The minimum Gasteiger partial charge on any atom is -0.494 e. The molecule has 2 aromatic carbocycles. The Labute approximate surface area is 188 Å². The van der Waals surface area contributed by atoms with Gasteiger partial charge in [0.15, 0.2) is 0 Å². The molecule has 0 radical (unpaired) electrons. The van der Waals surface area contributed by atoms with Gasteiger partial charge in [0, 0.05) is 5.39 Å². The van der Waals surface area contributed by atoms with Crippen molar-refractivity contribution in [3.8, 4) is 5.75 Å². The minimum absolute atomic E-state index is 0.00663. The van der Waals surface area contributed by atoms with Crippen molar-refractivity contribution in [1.82, 2.24) is 0 Å². The van der Waals surface area contributed by atoms with Gasteiger partial charge in [-0.15, -0.1) is 0 Å². The van der Waals surface area contributed by atoms with Crippen molar-refractivity contribution in [3.63, 3.8) is 0 Å². The van der Waals surface area contributed by atoms with E-state index in [1.165, 1.54) is 64.2 Å². The summed E-state index contributed by atoms with van der Waals surface area (Å²) in [6.45, 7) is 4.93. The summed E-state index contributed by atoms with van der Waals surface area (Å²) in [6, 6.07) is 9.86. The molecular formula is C29H41FO. The fourth-order valence-electron chi connectivity index (χ4n) is 6.31. The summed E-state index contributed by atoms with van der Waals surface area (Å²) in [5.41, 5.74) is 0.935. The maximum atomic E-state index is 15.3. The summed E-state index contributed by atoms with van der Waals surface area (Å²) < 4.78 is 20.9. The van der Waals surface area contributed by atoms with E-state index >= 15 is 4.39 Å². The Morgan fingerprint density at radius 3 is 2.00 bits per heavy atom. The predicted octanol–water partition coefficient (Wildman–Crippen LogP) is 9.04. The molecule has 4 rings (SSSR count). The molecule has 2 fully saturated rings. The molecule has 0 unspecified atom stereocenters. The second kappa shape index (κ2) is 10.8. The minimum atomic E-state index is -0.00663. The van der Waals surface area contributed by atoms with Crippen LogP contribution in [-0.2, 0) is 0 Å². The SMILES string of the molecule is CCCC1CCC(CCC2CCC(c3ccc4cc(OCC)ccc4c3F)CC2)CC1. The van der Waals surface area contributed by atoms with Gasteiger partial charge in [0.2, 0.25) is 0 Å². The van der Waals surface area contributed by atoms with Gasteiger partial charge in [-0.1, -0.05) is 70.4 Å². The first kappa shape index (κ1) is 22.6. The van der Waals surface area contributed by atoms with Crippen LogP contribution >= 0.6 is 0 Å². The molecule has 0 saturated heterocycles. The van der Waals surface area contributed by atoms with Gasteiger partial charge in [0.05, 0.1) is 6.61 Å². The zero-order chi connectivity index (χ0) is 21.6. The lowest BCUT2D eigenvalue weighted by molar-refractivity contribution is 0.223. The third-order valence-electron chi connectivity index (χ3n) is 8.20. The highest BCUT2D eigenvalue weighted by Crippen LogP contribution is 2.41. The summed E-state index contributed by atoms with van der Waals surface area (Å²) in [5, 5.41) is 1.68. The van der Waals surface area contributed by atoms with E-state index in [2.05, 4.69) is 13.0 Å². The quantitative estimate of drug-likeness (QED) is 0.410. The van der Waals surface area contributed by atoms with Crippen LogP contribution in [0.1, 0.15) is 102 Å². The van der Waals surface area contributed by atoms with Crippen LogP contribution in [-0.4, -0.2) is 6.61 Å². The fraction of sp³-hybridized carbons (Fsp3) is 0.655. The average Bonchev–Trinajstić information content (AvgIpc) is 2.80. The maximum Gasteiger partial charge on any atom is 0.134 e. The molecule has 0 aliphatic heterocycles. The van der Waals surface area contributed by atoms with E-state index in [1.807, 2.05) is 31.2 Å². The first-order valence-electron chi connectivity index (χ1n) is 13.0. The number of ether oxygens (including phenoxy) is 1. The largest absolute Gasteiger partial charge is 0.494 e. The molecule has 0 heterocycles. The van der Waals surface area contributed by atoms with Gasteiger partial charge in [-0.2, -0.15) is 0 Å². The Kier molecular flexibility index (Phi) is 7.91. The lowest BCUT2D eigenvalue weighted by Gasteiger charge is -2.32. The number of rotatable bonds is 8. The summed E-state index contributed by atoms with van der Waals surface area (Å²) in [4.78, 5) is 0. The lowest BCUT2D eigenvalue weighted by Crippen LogP contribution is -2.18. The standard InChI is InChI=1S/C29H41FO/c1-3-5-21-6-8-22(9-7-21)10-11-23-12-14-24(15-13-23)27-18-16-25-20-26(31-4-2)17-19-28(25)29(27)30/h16-24H,3-15H2,1-2H3. The van der Waals surface area contributed by atoms with Gasteiger partial charge in [0.25, 0.3) is 0 Å². The summed E-state index contributed by atoms with van der Waals surface area (Å²) in [7, 11) is 0. The highest BCUT2D eigenvalue weighted by atomic mass is 19.1. The van der Waals surface area contributed by atoms with Crippen LogP contribution in [0.2, 0.25) is 0 Å². The van der Waals surface area contributed by atoms with Gasteiger partial charge in [0.1, 0.15) is 11.6 Å². The van der Waals surface area contributed by atoms with Crippen LogP contribution in [0.25, 0.3) is 10.8 Å². The number of hydrogen-bond acceptors (Lipinski definition) is 1. The molecule has 2 heteroatoms. The van der Waals surface area contributed by atoms with Crippen molar-refractivity contribution in [1.29, 1.82) is 0 Å². The second-order valence-corrected chi connectivity index (χ2v) is 10.3. The zero-order valence-electron chi connectivity index (χ0n) is 19.7. The molecule has 0 N–H and O–H groups in total. The van der Waals surface area contributed by atoms with E-state index in [0.29, 0.717) is 12.5 Å². The van der Waals surface area contributed by atoms with Crippen molar-refractivity contribution in [2.24, 2.45) is 17.8 Å². The van der Waals surface area contributed by atoms with Gasteiger partial charge >= 0.3 is 0 Å². The van der Waals surface area contributed by atoms with Crippen LogP contribution in [0, 0.1) is 23.6 Å². The van der Waals surface area contributed by atoms with Crippen molar-refractivity contribution in [2.75, 3.05) is 6.61 Å². The van der Waals surface area contributed by atoms with Gasteiger partial charge in [-0.3, -0.25) is 0 Å². The number of benzene rings is 2. The van der Waals surface area contributed by atoms with E-state index in [4.69, 9.17) is 4.74 Å². The number of hydrogen-bond donors (Lipinski definition) is 0. The van der Waals surface area contributed by atoms with Gasteiger partial charge in [-0.25, -0.2) is 4.39 Å². The number of halogens is 1. The van der Waals surface area contributed by atoms with Crippen LogP contribution in [0.3, 0.4) is 0 Å². The molecular weight excluding hydrogens is 383 g/mol. The first-order valence-corrected chi connectivity index (χ1v) is 13.0. The Bertz CT molecular complexity index is 828. The van der Waals surface area contributed by atoms with Crippen LogP contribution in [0.4, 0.5) is 4.39 Å². The molecule has 0 atom stereocenters. The normalized spacial score (nSPS) is 26.8. The molecule has 31 heavy (non-hydrogen) atoms. The summed E-state index contributed by atoms with van der Waals surface area (Å²) >= 11 is 0. The topological polar surface area (TPSA) is 9.23 Å². The number of fused-ring (bicyclic) bond motifs is 1. The van der Waals surface area contributed by atoms with Crippen LogP contribution in [0.5, 0.6) is 5.75 Å². The third-order valence-corrected chi connectivity index (χ3v) is 8.20. The third kappa shape index (κ3) is 5.62. The van der Waals surface area contributed by atoms with Crippen molar-refractivity contribution >= 4 is 10.8 Å². The van der Waals surface area contributed by atoms with Crippen LogP contribution in [0.15, 0.2) is 30.3 Å². The Morgan fingerprint density at radius 2 is 1.39 bits per heavy atom. The fourth-order valence-corrected chi connectivity index (χ4v) is 6.31.